The van der Waals surface area contributed by atoms with Crippen molar-refractivity contribution in [2.75, 3.05) is 6.61 Å². The molecule has 0 saturated carbocycles. The summed E-state index contributed by atoms with van der Waals surface area (Å²) in [5, 5.41) is 24.2. The highest BCUT2D eigenvalue weighted by Crippen LogP contribution is 2.29. The molecule has 2 N–H and O–H groups in total. The molecule has 3 aromatic heterocycles. The first-order valence-electron chi connectivity index (χ1n) is 8.24. The van der Waals surface area contributed by atoms with Crippen molar-refractivity contribution in [2.45, 2.75) is 26.9 Å². The number of aliphatic hydroxyl groups excluding tert-OH is 2. The van der Waals surface area contributed by atoms with Gasteiger partial charge in [0.15, 0.2) is 0 Å². The number of pyridine rings is 1. The zero-order valence-corrected chi connectivity index (χ0v) is 14.8. The van der Waals surface area contributed by atoms with Crippen LogP contribution >= 0.6 is 0 Å². The summed E-state index contributed by atoms with van der Waals surface area (Å²) in [5.74, 6) is 0.0951. The third-order valence-electron chi connectivity index (χ3n) is 4.01. The van der Waals surface area contributed by atoms with Crippen molar-refractivity contribution >= 4 is 17.1 Å². The van der Waals surface area contributed by atoms with E-state index in [1.165, 1.54) is 13.2 Å². The Morgan fingerprint density at radius 1 is 1.42 bits per heavy atom. The van der Waals surface area contributed by atoms with E-state index in [4.69, 9.17) is 9.15 Å². The topological polar surface area (TPSA) is 97.2 Å². The van der Waals surface area contributed by atoms with Gasteiger partial charge in [0.1, 0.15) is 12.0 Å². The molecule has 0 aliphatic rings. The summed E-state index contributed by atoms with van der Waals surface area (Å²) in [6.45, 7) is 5.14. The van der Waals surface area contributed by atoms with Gasteiger partial charge in [-0.15, -0.1) is 0 Å². The quantitative estimate of drug-likeness (QED) is 0.537. The van der Waals surface area contributed by atoms with Crippen LogP contribution in [-0.4, -0.2) is 38.5 Å². The number of carbonyl (C=O) groups is 1. The predicted molar refractivity (Wildman–Crippen MR) is 95.8 cm³/mol. The number of furan rings is 1. The summed E-state index contributed by atoms with van der Waals surface area (Å²) >= 11 is 0. The highest BCUT2D eigenvalue weighted by Gasteiger charge is 2.18. The molecular formula is C19H20N2O5. The number of ether oxygens (including phenoxy) is 1. The van der Waals surface area contributed by atoms with Gasteiger partial charge in [-0.2, -0.15) is 5.10 Å². The lowest BCUT2D eigenvalue weighted by molar-refractivity contribution is 0.0525. The molecule has 0 fully saturated rings. The van der Waals surface area contributed by atoms with Crippen LogP contribution in [0.5, 0.6) is 0 Å². The molecule has 7 heteroatoms. The Bertz CT molecular complexity index is 977. The van der Waals surface area contributed by atoms with E-state index in [1.807, 2.05) is 6.07 Å². The number of rotatable bonds is 5. The second-order valence-corrected chi connectivity index (χ2v) is 5.90. The Labute approximate surface area is 150 Å². The average molecular weight is 356 g/mol. The van der Waals surface area contributed by atoms with Gasteiger partial charge < -0.3 is 19.4 Å². The summed E-state index contributed by atoms with van der Waals surface area (Å²) in [6, 6.07) is 5.24. The van der Waals surface area contributed by atoms with E-state index in [1.54, 1.807) is 42.9 Å². The number of hydrogen-bond donors (Lipinski definition) is 2. The van der Waals surface area contributed by atoms with Crippen LogP contribution < -0.4 is 0 Å². The van der Waals surface area contributed by atoms with Gasteiger partial charge in [-0.3, -0.25) is 0 Å². The van der Waals surface area contributed by atoms with Gasteiger partial charge in [0, 0.05) is 22.9 Å². The molecule has 0 aliphatic carbocycles. The number of allylic oxidation sites excluding steroid dienone is 1. The first-order chi connectivity index (χ1) is 12.4. The minimum Gasteiger partial charge on any atom is -0.512 e. The second kappa shape index (κ2) is 7.05. The van der Waals surface area contributed by atoms with Crippen LogP contribution in [0.3, 0.4) is 0 Å². The molecule has 136 valence electrons. The lowest BCUT2D eigenvalue weighted by Crippen LogP contribution is -2.06. The molecule has 0 amide bonds. The van der Waals surface area contributed by atoms with Crippen molar-refractivity contribution in [3.05, 3.63) is 53.7 Å². The number of hydrogen-bond acceptors (Lipinski definition) is 6. The number of carbonyl (C=O) groups excluding carboxylic acids is 1. The highest BCUT2D eigenvalue weighted by molar-refractivity contribution is 5.90. The standard InChI is InChI=1S/C19H20N2O5/c1-4-25-19(24)14-8-17(26-10-14)13-5-6-21-16(7-13)15(9-20-21)18(11(2)22)12(3)23/h5-11,22-23H,4H2,1-3H3/b18-12+. The molecule has 0 radical (unpaired) electrons. The Morgan fingerprint density at radius 2 is 2.19 bits per heavy atom. The van der Waals surface area contributed by atoms with Gasteiger partial charge in [0.2, 0.25) is 0 Å². The minimum absolute atomic E-state index is 0.0305. The van der Waals surface area contributed by atoms with Crippen molar-refractivity contribution in [3.8, 4) is 11.3 Å². The maximum Gasteiger partial charge on any atom is 0.341 e. The van der Waals surface area contributed by atoms with Crippen LogP contribution in [-0.2, 0) is 4.74 Å². The smallest absolute Gasteiger partial charge is 0.341 e. The van der Waals surface area contributed by atoms with E-state index in [-0.39, 0.29) is 5.76 Å². The van der Waals surface area contributed by atoms with Gasteiger partial charge in [-0.25, -0.2) is 9.31 Å². The van der Waals surface area contributed by atoms with Crippen molar-refractivity contribution in [3.63, 3.8) is 0 Å². The van der Waals surface area contributed by atoms with Crippen molar-refractivity contribution in [2.24, 2.45) is 0 Å². The van der Waals surface area contributed by atoms with Gasteiger partial charge in [-0.05, 0) is 39.0 Å². The van der Waals surface area contributed by atoms with Crippen molar-refractivity contribution < 1.29 is 24.2 Å². The monoisotopic (exact) mass is 356 g/mol. The maximum atomic E-state index is 11.8. The number of nitrogens with zero attached hydrogens (tertiary/aromatic N) is 2. The van der Waals surface area contributed by atoms with Crippen molar-refractivity contribution in [1.82, 2.24) is 9.61 Å². The van der Waals surface area contributed by atoms with Gasteiger partial charge in [0.25, 0.3) is 0 Å². The van der Waals surface area contributed by atoms with Crippen LogP contribution in [0.1, 0.15) is 36.7 Å². The molecule has 0 aliphatic heterocycles. The average Bonchev–Trinajstić information content (AvgIpc) is 3.22. The first-order valence-corrected chi connectivity index (χ1v) is 8.24. The van der Waals surface area contributed by atoms with E-state index in [2.05, 4.69) is 5.10 Å². The van der Waals surface area contributed by atoms with Crippen LogP contribution in [0.4, 0.5) is 0 Å². The number of aliphatic hydroxyl groups is 2. The number of fused-ring (bicyclic) bond motifs is 1. The molecule has 3 aromatic rings. The Morgan fingerprint density at radius 3 is 2.85 bits per heavy atom. The van der Waals surface area contributed by atoms with Crippen LogP contribution in [0.15, 0.2) is 47.0 Å². The fourth-order valence-corrected chi connectivity index (χ4v) is 2.87. The van der Waals surface area contributed by atoms with E-state index in [0.717, 1.165) is 5.56 Å². The zero-order valence-electron chi connectivity index (χ0n) is 14.8. The summed E-state index contributed by atoms with van der Waals surface area (Å²) in [5.41, 5.74) is 2.80. The summed E-state index contributed by atoms with van der Waals surface area (Å²) in [4.78, 5) is 11.8. The van der Waals surface area contributed by atoms with Gasteiger partial charge >= 0.3 is 5.97 Å². The second-order valence-electron chi connectivity index (χ2n) is 5.90. The van der Waals surface area contributed by atoms with E-state index >= 15 is 0 Å². The van der Waals surface area contributed by atoms with Crippen LogP contribution in [0, 0.1) is 0 Å². The molecule has 0 bridgehead atoms. The Kier molecular flexibility index (Phi) is 4.81. The number of aromatic nitrogens is 2. The molecule has 7 nitrogen and oxygen atoms in total. The number of esters is 1. The molecule has 3 heterocycles. The molecule has 1 unspecified atom stereocenters. The van der Waals surface area contributed by atoms with E-state index < -0.39 is 12.1 Å². The third-order valence-corrected chi connectivity index (χ3v) is 4.01. The zero-order chi connectivity index (χ0) is 18.8. The maximum absolute atomic E-state index is 11.8. The van der Waals surface area contributed by atoms with Crippen molar-refractivity contribution in [1.29, 1.82) is 0 Å². The molecule has 1 atom stereocenters. The fraction of sp³-hybridized carbons (Fsp3) is 0.263. The van der Waals surface area contributed by atoms with Crippen LogP contribution in [0.2, 0.25) is 0 Å². The molecule has 0 aromatic carbocycles. The molecule has 0 saturated heterocycles. The van der Waals surface area contributed by atoms with Crippen LogP contribution in [0.25, 0.3) is 22.4 Å². The predicted octanol–water partition coefficient (Wildman–Crippen LogP) is 3.44. The molecular weight excluding hydrogens is 336 g/mol. The largest absolute Gasteiger partial charge is 0.512 e. The molecule has 3 rings (SSSR count). The third kappa shape index (κ3) is 3.21. The van der Waals surface area contributed by atoms with Gasteiger partial charge in [0.05, 0.1) is 35.7 Å². The summed E-state index contributed by atoms with van der Waals surface area (Å²) in [6.07, 6.45) is 3.84. The SMILES string of the molecule is CCOC(=O)c1coc(-c2ccn3ncc(/C(=C(\C)O)C(C)O)c3c2)c1. The Hall–Kier alpha value is -3.06. The summed E-state index contributed by atoms with van der Waals surface area (Å²) < 4.78 is 12.1. The fourth-order valence-electron chi connectivity index (χ4n) is 2.87. The van der Waals surface area contributed by atoms with E-state index in [9.17, 15) is 15.0 Å². The Balaban J connectivity index is 2.06. The normalized spacial score (nSPS) is 13.5. The highest BCUT2D eigenvalue weighted by atomic mass is 16.5. The lowest BCUT2D eigenvalue weighted by Gasteiger charge is -2.11. The van der Waals surface area contributed by atoms with Gasteiger partial charge in [-0.1, -0.05) is 0 Å². The lowest BCUT2D eigenvalue weighted by atomic mass is 10.0. The van der Waals surface area contributed by atoms with E-state index in [0.29, 0.717) is 34.6 Å². The minimum atomic E-state index is -0.851. The molecule has 26 heavy (non-hydrogen) atoms. The summed E-state index contributed by atoms with van der Waals surface area (Å²) in [7, 11) is 0. The first kappa shape index (κ1) is 17.8. The molecule has 0 spiro atoms.